The maximum Gasteiger partial charge on any atom is 0.323 e. The van der Waals surface area contributed by atoms with Gasteiger partial charge in [0.15, 0.2) is 11.2 Å². The van der Waals surface area contributed by atoms with E-state index in [2.05, 4.69) is 25.1 Å². The van der Waals surface area contributed by atoms with Gasteiger partial charge in [-0.15, -0.1) is 0 Å². The van der Waals surface area contributed by atoms with Gasteiger partial charge in [-0.25, -0.2) is 15.2 Å². The third-order valence-electron chi connectivity index (χ3n) is 6.11. The minimum absolute atomic E-state index is 0.0767. The molecule has 1 aliphatic rings. The van der Waals surface area contributed by atoms with E-state index in [1.807, 2.05) is 0 Å². The van der Waals surface area contributed by atoms with Gasteiger partial charge in [0.05, 0.1) is 26.1 Å². The number of nitrogens with two attached hydrogens (primary N) is 1. The summed E-state index contributed by atoms with van der Waals surface area (Å²) in [6, 6.07) is -1.80. The third-order valence-corrected chi connectivity index (χ3v) is 8.27. The molecule has 0 spiro atoms. The zero-order chi connectivity index (χ0) is 28.4. The molecule has 218 valence electrons. The first-order valence-corrected chi connectivity index (χ1v) is 15.3. The van der Waals surface area contributed by atoms with Crippen LogP contribution >= 0.6 is 7.44 Å². The van der Waals surface area contributed by atoms with Crippen LogP contribution in [0.5, 0.6) is 5.88 Å². The highest BCUT2D eigenvalue weighted by atomic mass is 31.2. The quantitative estimate of drug-likeness (QED) is 0.162. The minimum Gasteiger partial charge on any atom is -0.473 e. The summed E-state index contributed by atoms with van der Waals surface area (Å²) in [5.74, 6) is -0.703. The maximum atomic E-state index is 13.7. The lowest BCUT2D eigenvalue weighted by atomic mass is 9.98. The molecule has 2 aromatic heterocycles. The van der Waals surface area contributed by atoms with Crippen molar-refractivity contribution in [1.82, 2.24) is 29.7 Å². The third kappa shape index (κ3) is 8.85. The van der Waals surface area contributed by atoms with Crippen molar-refractivity contribution in [1.29, 1.82) is 0 Å². The Morgan fingerprint density at radius 1 is 1.08 bits per heavy atom. The SMILES string of the molecule is CCOC(=O)[C@H](C)NP(=O)(COCCn1cnc2c(OC3CCCCC3)nc(N)nc21)N[C@@H](C)C(=O)OCC. The van der Waals surface area contributed by atoms with Crippen LogP contribution in [-0.2, 0) is 34.9 Å². The summed E-state index contributed by atoms with van der Waals surface area (Å²) in [7, 11) is -3.59. The number of rotatable bonds is 15. The number of anilines is 1. The molecule has 0 saturated heterocycles. The van der Waals surface area contributed by atoms with E-state index >= 15 is 0 Å². The van der Waals surface area contributed by atoms with Crippen molar-refractivity contribution in [3.8, 4) is 5.88 Å². The van der Waals surface area contributed by atoms with Gasteiger partial charge in [0.2, 0.25) is 19.3 Å². The molecule has 1 fully saturated rings. The average molecular weight is 570 g/mol. The fourth-order valence-electron chi connectivity index (χ4n) is 4.25. The van der Waals surface area contributed by atoms with Crippen LogP contribution in [0.25, 0.3) is 11.2 Å². The Morgan fingerprint density at radius 3 is 2.28 bits per heavy atom. The van der Waals surface area contributed by atoms with Gasteiger partial charge >= 0.3 is 11.9 Å². The van der Waals surface area contributed by atoms with E-state index in [9.17, 15) is 14.2 Å². The van der Waals surface area contributed by atoms with Crippen molar-refractivity contribution >= 4 is 36.5 Å². The van der Waals surface area contributed by atoms with Gasteiger partial charge in [-0.1, -0.05) is 6.42 Å². The molecule has 0 aromatic carbocycles. The smallest absolute Gasteiger partial charge is 0.323 e. The van der Waals surface area contributed by atoms with E-state index in [1.165, 1.54) is 20.3 Å². The number of imidazole rings is 1. The van der Waals surface area contributed by atoms with Crippen molar-refractivity contribution < 1.29 is 33.1 Å². The number of hydrogen-bond acceptors (Lipinski definition) is 11. The molecule has 14 nitrogen and oxygen atoms in total. The fourth-order valence-corrected chi connectivity index (χ4v) is 6.33. The Labute approximate surface area is 228 Å². The molecule has 0 unspecified atom stereocenters. The van der Waals surface area contributed by atoms with Crippen molar-refractivity contribution in [3.05, 3.63) is 6.33 Å². The number of aromatic nitrogens is 4. The summed E-state index contributed by atoms with van der Waals surface area (Å²) in [4.78, 5) is 37.2. The van der Waals surface area contributed by atoms with Crippen LogP contribution in [0.2, 0.25) is 0 Å². The molecule has 1 saturated carbocycles. The minimum atomic E-state index is -3.59. The summed E-state index contributed by atoms with van der Waals surface area (Å²) in [6.07, 6.45) is 6.73. The lowest BCUT2D eigenvalue weighted by molar-refractivity contribution is -0.145. The van der Waals surface area contributed by atoms with Crippen molar-refractivity contribution in [2.45, 2.75) is 84.5 Å². The van der Waals surface area contributed by atoms with Crippen LogP contribution < -0.4 is 20.6 Å². The molecule has 4 N–H and O–H groups in total. The summed E-state index contributed by atoms with van der Waals surface area (Å²) in [6.45, 7) is 7.21. The topological polar surface area (TPSA) is 182 Å². The van der Waals surface area contributed by atoms with Crippen molar-refractivity contribution in [3.63, 3.8) is 0 Å². The number of fused-ring (bicyclic) bond motifs is 1. The highest BCUT2D eigenvalue weighted by Gasteiger charge is 2.32. The summed E-state index contributed by atoms with van der Waals surface area (Å²) < 4.78 is 37.3. The normalized spacial score (nSPS) is 16.1. The number of hydrogen-bond donors (Lipinski definition) is 3. The number of ether oxygens (including phenoxy) is 4. The summed E-state index contributed by atoms with van der Waals surface area (Å²) >= 11 is 0. The molecule has 0 aliphatic heterocycles. The van der Waals surface area contributed by atoms with E-state index in [0.717, 1.165) is 25.7 Å². The summed E-state index contributed by atoms with van der Waals surface area (Å²) in [5, 5.41) is 5.49. The van der Waals surface area contributed by atoms with Crippen LogP contribution in [-0.4, -0.2) is 75.8 Å². The molecule has 0 amide bonds. The van der Waals surface area contributed by atoms with Gasteiger partial charge in [-0.3, -0.25) is 14.2 Å². The number of nitrogens with zero attached hydrogens (tertiary/aromatic N) is 4. The monoisotopic (exact) mass is 569 g/mol. The lowest BCUT2D eigenvalue weighted by Crippen LogP contribution is -2.42. The predicted octanol–water partition coefficient (Wildman–Crippen LogP) is 2.37. The fraction of sp³-hybridized carbons (Fsp3) is 0.708. The molecule has 39 heavy (non-hydrogen) atoms. The first kappa shape index (κ1) is 30.7. The number of nitrogens with one attached hydrogen (secondary N) is 2. The van der Waals surface area contributed by atoms with Crippen molar-refractivity contribution in [2.24, 2.45) is 0 Å². The Bertz CT molecular complexity index is 1130. The number of carbonyl (C=O) groups excluding carboxylic acids is 2. The maximum absolute atomic E-state index is 13.7. The molecule has 2 heterocycles. The highest BCUT2D eigenvalue weighted by Crippen LogP contribution is 2.37. The Morgan fingerprint density at radius 2 is 1.69 bits per heavy atom. The number of nitrogen functional groups attached to an aromatic ring is 1. The molecule has 0 radical (unpaired) electrons. The van der Waals surface area contributed by atoms with Crippen LogP contribution in [0.15, 0.2) is 6.33 Å². The molecule has 3 rings (SSSR count). The van der Waals surface area contributed by atoms with Crippen LogP contribution in [0, 0.1) is 0 Å². The molecule has 1 aliphatic carbocycles. The molecule has 2 aromatic rings. The summed E-state index contributed by atoms with van der Waals surface area (Å²) in [5.41, 5.74) is 6.96. The largest absolute Gasteiger partial charge is 0.473 e. The lowest BCUT2D eigenvalue weighted by Gasteiger charge is -2.26. The molecule has 15 heteroatoms. The number of esters is 2. The molecule has 0 bridgehead atoms. The zero-order valence-corrected chi connectivity index (χ0v) is 23.9. The van der Waals surface area contributed by atoms with Gasteiger partial charge in [0, 0.05) is 6.54 Å². The Hall–Kier alpha value is -2.80. The van der Waals surface area contributed by atoms with Gasteiger partial charge < -0.3 is 29.2 Å². The zero-order valence-electron chi connectivity index (χ0n) is 23.1. The first-order valence-electron chi connectivity index (χ1n) is 13.4. The number of carbonyl (C=O) groups is 2. The highest BCUT2D eigenvalue weighted by molar-refractivity contribution is 7.59. The van der Waals surface area contributed by atoms with Crippen molar-refractivity contribution in [2.75, 3.05) is 31.9 Å². The first-order chi connectivity index (χ1) is 18.7. The van der Waals surface area contributed by atoms with E-state index in [-0.39, 0.29) is 38.2 Å². The predicted molar refractivity (Wildman–Crippen MR) is 144 cm³/mol. The van der Waals surface area contributed by atoms with E-state index in [0.29, 0.717) is 23.6 Å². The molecular weight excluding hydrogens is 529 g/mol. The molecular formula is C24H40N7O7P. The van der Waals surface area contributed by atoms with Crippen LogP contribution in [0.1, 0.15) is 59.8 Å². The van der Waals surface area contributed by atoms with E-state index in [4.69, 9.17) is 24.7 Å². The second-order valence-corrected chi connectivity index (χ2v) is 11.6. The van der Waals surface area contributed by atoms with E-state index < -0.39 is 31.5 Å². The van der Waals surface area contributed by atoms with Gasteiger partial charge in [-0.2, -0.15) is 9.97 Å². The van der Waals surface area contributed by atoms with Gasteiger partial charge in [0.25, 0.3) is 0 Å². The standard InChI is InChI=1S/C24H40N7O7P/c1-5-36-22(32)16(3)29-39(34,30-17(4)23(33)37-6-2)15-35-13-12-31-14-26-19-20(31)27-24(25)28-21(19)38-18-10-8-7-9-11-18/h14,16-18H,5-13,15H2,1-4H3,(H2,25,27,28)(H2,29,30,34)/t16-,17-/m0/s1. The van der Waals surface area contributed by atoms with Gasteiger partial charge in [0.1, 0.15) is 24.5 Å². The second-order valence-electron chi connectivity index (χ2n) is 9.36. The van der Waals surface area contributed by atoms with Gasteiger partial charge in [-0.05, 0) is 53.4 Å². The van der Waals surface area contributed by atoms with Crippen LogP contribution in [0.4, 0.5) is 5.95 Å². The Balaban J connectivity index is 1.65. The van der Waals surface area contributed by atoms with Crippen LogP contribution in [0.3, 0.4) is 0 Å². The van der Waals surface area contributed by atoms with E-state index in [1.54, 1.807) is 24.7 Å². The average Bonchev–Trinajstić information content (AvgIpc) is 3.30. The second kappa shape index (κ2) is 14.5. The Kier molecular flexibility index (Phi) is 11.5. The molecule has 2 atom stereocenters.